The number of rotatable bonds is 2. The van der Waals surface area contributed by atoms with Crippen LogP contribution >= 0.6 is 0 Å². The van der Waals surface area contributed by atoms with E-state index in [0.717, 1.165) is 12.8 Å². The minimum atomic E-state index is -0.530. The fraction of sp³-hybridized carbons (Fsp3) is 0.600. The lowest BCUT2D eigenvalue weighted by atomic mass is 9.87. The topological polar surface area (TPSA) is 20.2 Å². The summed E-state index contributed by atoms with van der Waals surface area (Å²) in [6.45, 7) is 6.19. The number of benzene rings is 1. The Bertz CT molecular complexity index is 336. The van der Waals surface area contributed by atoms with Crippen molar-refractivity contribution >= 4 is 0 Å². The second-order valence-electron chi connectivity index (χ2n) is 5.82. The second-order valence-corrected chi connectivity index (χ2v) is 5.82. The Labute approximate surface area is 98.5 Å². The molecule has 88 valence electrons. The molecule has 0 bridgehead atoms. The Balaban J connectivity index is 2.15. The molecule has 1 aromatic carbocycles. The fourth-order valence-electron chi connectivity index (χ4n) is 2.99. The number of aliphatic hydroxyl groups is 1. The van der Waals surface area contributed by atoms with Gasteiger partial charge in [0, 0.05) is 0 Å². The first-order chi connectivity index (χ1) is 7.48. The van der Waals surface area contributed by atoms with Gasteiger partial charge in [0.15, 0.2) is 0 Å². The van der Waals surface area contributed by atoms with Gasteiger partial charge >= 0.3 is 0 Å². The molecule has 0 amide bonds. The fourth-order valence-corrected chi connectivity index (χ4v) is 2.99. The van der Waals surface area contributed by atoms with E-state index in [1.54, 1.807) is 0 Å². The zero-order valence-electron chi connectivity index (χ0n) is 10.5. The Morgan fingerprint density at radius 2 is 1.75 bits per heavy atom. The van der Waals surface area contributed by atoms with Crippen LogP contribution in [0.4, 0.5) is 0 Å². The van der Waals surface area contributed by atoms with E-state index in [1.807, 2.05) is 13.8 Å². The first-order valence-electron chi connectivity index (χ1n) is 6.26. The first-order valence-corrected chi connectivity index (χ1v) is 6.26. The second kappa shape index (κ2) is 4.21. The molecule has 1 aliphatic carbocycles. The van der Waals surface area contributed by atoms with Gasteiger partial charge in [-0.15, -0.1) is 0 Å². The summed E-state index contributed by atoms with van der Waals surface area (Å²) in [6, 6.07) is 10.7. The summed E-state index contributed by atoms with van der Waals surface area (Å²) in [6.07, 6.45) is 2.26. The van der Waals surface area contributed by atoms with E-state index >= 15 is 0 Å². The lowest BCUT2D eigenvalue weighted by molar-refractivity contribution is 0.0182. The molecule has 0 spiro atoms. The van der Waals surface area contributed by atoms with Crippen LogP contribution in [0.25, 0.3) is 0 Å². The average Bonchev–Trinajstić information content (AvgIpc) is 2.61. The molecule has 3 atom stereocenters. The normalized spacial score (nSPS) is 30.6. The minimum absolute atomic E-state index is 0.438. The summed E-state index contributed by atoms with van der Waals surface area (Å²) >= 11 is 0. The maximum Gasteiger partial charge on any atom is 0.0620 e. The van der Waals surface area contributed by atoms with E-state index in [1.165, 1.54) is 5.56 Å². The molecular weight excluding hydrogens is 196 g/mol. The molecule has 1 heteroatoms. The van der Waals surface area contributed by atoms with Crippen molar-refractivity contribution in [2.45, 2.75) is 45.1 Å². The predicted molar refractivity (Wildman–Crippen MR) is 67.4 cm³/mol. The van der Waals surface area contributed by atoms with Gasteiger partial charge < -0.3 is 5.11 Å². The Morgan fingerprint density at radius 1 is 1.12 bits per heavy atom. The highest BCUT2D eigenvalue weighted by Crippen LogP contribution is 2.46. The average molecular weight is 218 g/mol. The Morgan fingerprint density at radius 3 is 2.25 bits per heavy atom. The van der Waals surface area contributed by atoms with Crippen molar-refractivity contribution in [3.63, 3.8) is 0 Å². The Kier molecular flexibility index (Phi) is 3.07. The molecule has 0 heterocycles. The maximum absolute atomic E-state index is 10.1. The third-order valence-electron chi connectivity index (χ3n) is 4.11. The van der Waals surface area contributed by atoms with Crippen LogP contribution in [0.3, 0.4) is 0 Å². The Hall–Kier alpha value is -0.820. The van der Waals surface area contributed by atoms with Crippen LogP contribution in [0.5, 0.6) is 0 Å². The SMILES string of the molecule is C[C@@H]1C[C@H](C(C)(C)O)C[C@@H]1c1ccccc1. The summed E-state index contributed by atoms with van der Waals surface area (Å²) in [5.41, 5.74) is 0.902. The van der Waals surface area contributed by atoms with Gasteiger partial charge in [-0.2, -0.15) is 0 Å². The van der Waals surface area contributed by atoms with E-state index in [0.29, 0.717) is 17.8 Å². The molecule has 1 N–H and O–H groups in total. The lowest BCUT2D eigenvalue weighted by Crippen LogP contribution is -2.28. The van der Waals surface area contributed by atoms with Gasteiger partial charge in [0.2, 0.25) is 0 Å². The molecule has 16 heavy (non-hydrogen) atoms. The molecule has 1 saturated carbocycles. The quantitative estimate of drug-likeness (QED) is 0.804. The van der Waals surface area contributed by atoms with Gasteiger partial charge in [-0.3, -0.25) is 0 Å². The zero-order chi connectivity index (χ0) is 11.8. The van der Waals surface area contributed by atoms with Crippen LogP contribution < -0.4 is 0 Å². The molecule has 0 saturated heterocycles. The van der Waals surface area contributed by atoms with Crippen molar-refractivity contribution in [3.05, 3.63) is 35.9 Å². The summed E-state index contributed by atoms with van der Waals surface area (Å²) in [7, 11) is 0. The van der Waals surface area contributed by atoms with E-state index in [4.69, 9.17) is 0 Å². The number of hydrogen-bond acceptors (Lipinski definition) is 1. The summed E-state index contributed by atoms with van der Waals surface area (Å²) in [5.74, 6) is 1.74. The van der Waals surface area contributed by atoms with Crippen LogP contribution in [0.2, 0.25) is 0 Å². The standard InChI is InChI=1S/C15H22O/c1-11-9-13(15(2,3)16)10-14(11)12-7-5-4-6-8-12/h4-8,11,13-14,16H,9-10H2,1-3H3/t11-,13+,14+/m1/s1. The van der Waals surface area contributed by atoms with E-state index in [2.05, 4.69) is 37.3 Å². The van der Waals surface area contributed by atoms with Gasteiger partial charge in [-0.25, -0.2) is 0 Å². The lowest BCUT2D eigenvalue weighted by Gasteiger charge is -2.25. The number of hydrogen-bond donors (Lipinski definition) is 1. The molecule has 0 radical (unpaired) electrons. The third-order valence-corrected chi connectivity index (χ3v) is 4.11. The molecule has 1 aliphatic rings. The molecule has 2 rings (SSSR count). The first kappa shape index (κ1) is 11.7. The van der Waals surface area contributed by atoms with Crippen LogP contribution in [0.1, 0.15) is 45.1 Å². The molecule has 0 aliphatic heterocycles. The molecule has 1 fully saturated rings. The van der Waals surface area contributed by atoms with Gasteiger partial charge in [0.1, 0.15) is 0 Å². The monoisotopic (exact) mass is 218 g/mol. The van der Waals surface area contributed by atoms with E-state index in [-0.39, 0.29) is 0 Å². The molecule has 0 aromatic heterocycles. The highest BCUT2D eigenvalue weighted by Gasteiger charge is 2.39. The highest BCUT2D eigenvalue weighted by atomic mass is 16.3. The van der Waals surface area contributed by atoms with Gasteiger partial charge in [-0.1, -0.05) is 37.3 Å². The molecular formula is C15H22O. The minimum Gasteiger partial charge on any atom is -0.390 e. The van der Waals surface area contributed by atoms with Crippen LogP contribution in [0, 0.1) is 11.8 Å². The summed E-state index contributed by atoms with van der Waals surface area (Å²) in [4.78, 5) is 0. The van der Waals surface area contributed by atoms with Crippen molar-refractivity contribution in [1.29, 1.82) is 0 Å². The van der Waals surface area contributed by atoms with Gasteiger partial charge in [-0.05, 0) is 50.0 Å². The molecule has 1 aromatic rings. The third kappa shape index (κ3) is 2.30. The van der Waals surface area contributed by atoms with Crippen molar-refractivity contribution in [2.75, 3.05) is 0 Å². The summed E-state index contributed by atoms with van der Waals surface area (Å²) in [5, 5.41) is 10.1. The summed E-state index contributed by atoms with van der Waals surface area (Å²) < 4.78 is 0. The van der Waals surface area contributed by atoms with Gasteiger partial charge in [0.05, 0.1) is 5.60 Å². The smallest absolute Gasteiger partial charge is 0.0620 e. The van der Waals surface area contributed by atoms with Crippen molar-refractivity contribution < 1.29 is 5.11 Å². The van der Waals surface area contributed by atoms with Crippen LogP contribution in [-0.4, -0.2) is 10.7 Å². The molecule has 0 unspecified atom stereocenters. The maximum atomic E-state index is 10.1. The highest BCUT2D eigenvalue weighted by molar-refractivity contribution is 5.22. The van der Waals surface area contributed by atoms with Crippen molar-refractivity contribution in [1.82, 2.24) is 0 Å². The van der Waals surface area contributed by atoms with Crippen molar-refractivity contribution in [2.24, 2.45) is 11.8 Å². The van der Waals surface area contributed by atoms with Crippen LogP contribution in [0.15, 0.2) is 30.3 Å². The van der Waals surface area contributed by atoms with Crippen molar-refractivity contribution in [3.8, 4) is 0 Å². The predicted octanol–water partition coefficient (Wildman–Crippen LogP) is 3.59. The largest absolute Gasteiger partial charge is 0.390 e. The molecule has 1 nitrogen and oxygen atoms in total. The van der Waals surface area contributed by atoms with E-state index in [9.17, 15) is 5.11 Å². The van der Waals surface area contributed by atoms with Crippen LogP contribution in [-0.2, 0) is 0 Å². The van der Waals surface area contributed by atoms with E-state index < -0.39 is 5.60 Å². The van der Waals surface area contributed by atoms with Gasteiger partial charge in [0.25, 0.3) is 0 Å². The zero-order valence-corrected chi connectivity index (χ0v) is 10.5.